The number of nitrogens with one attached hydrogen (secondary N) is 2. The van der Waals surface area contributed by atoms with Crippen molar-refractivity contribution in [2.75, 3.05) is 27.3 Å². The molecule has 2 aromatic carbocycles. The number of hydrogen-bond acceptors (Lipinski definition) is 3. The van der Waals surface area contributed by atoms with Gasteiger partial charge in [0.2, 0.25) is 5.91 Å². The van der Waals surface area contributed by atoms with E-state index in [9.17, 15) is 9.18 Å². The summed E-state index contributed by atoms with van der Waals surface area (Å²) < 4.78 is 24.8. The van der Waals surface area contributed by atoms with Crippen molar-refractivity contribution in [1.82, 2.24) is 5.32 Å². The number of hydrogen-bond donors (Lipinski definition) is 2. The summed E-state index contributed by atoms with van der Waals surface area (Å²) in [7, 11) is 3.29. The van der Waals surface area contributed by atoms with Gasteiger partial charge in [-0.1, -0.05) is 25.0 Å². The van der Waals surface area contributed by atoms with E-state index in [0.717, 1.165) is 50.0 Å². The van der Waals surface area contributed by atoms with Gasteiger partial charge in [-0.15, -0.1) is 0 Å². The molecule has 4 rings (SSSR count). The third kappa shape index (κ3) is 4.85. The summed E-state index contributed by atoms with van der Waals surface area (Å²) in [6, 6.07) is 11.0. The predicted molar refractivity (Wildman–Crippen MR) is 117 cm³/mol. The van der Waals surface area contributed by atoms with Crippen LogP contribution < -0.4 is 19.7 Å². The maximum atomic E-state index is 13.8. The molecule has 2 atom stereocenters. The molecule has 0 bridgehead atoms. The topological polar surface area (TPSA) is 52.0 Å². The molecule has 31 heavy (non-hydrogen) atoms. The Morgan fingerprint density at radius 1 is 1.13 bits per heavy atom. The Bertz CT molecular complexity index is 927. The summed E-state index contributed by atoms with van der Waals surface area (Å²) >= 11 is 0. The first-order valence-electron chi connectivity index (χ1n) is 11.2. The molecule has 1 saturated carbocycles. The minimum atomic E-state index is -0.216. The van der Waals surface area contributed by atoms with Crippen LogP contribution >= 0.6 is 0 Å². The van der Waals surface area contributed by atoms with Gasteiger partial charge in [-0.2, -0.15) is 0 Å². The molecule has 6 heteroatoms. The molecule has 2 aromatic rings. The number of quaternary nitrogens is 1. The zero-order chi connectivity index (χ0) is 21.8. The normalized spacial score (nSPS) is 20.9. The fraction of sp³-hybridized carbons (Fsp3) is 0.480. The Hall–Kier alpha value is -2.60. The largest absolute Gasteiger partial charge is 0.493 e. The first-order valence-corrected chi connectivity index (χ1v) is 11.2. The maximum Gasteiger partial charge on any atom is 0.223 e. The molecular formula is C25H32FN2O3+. The molecule has 2 aliphatic rings. The van der Waals surface area contributed by atoms with Crippen LogP contribution in [0.3, 0.4) is 0 Å². The highest BCUT2D eigenvalue weighted by Crippen LogP contribution is 2.34. The monoisotopic (exact) mass is 427 g/mol. The van der Waals surface area contributed by atoms with E-state index in [1.807, 2.05) is 12.1 Å². The van der Waals surface area contributed by atoms with Gasteiger partial charge >= 0.3 is 0 Å². The fourth-order valence-electron chi connectivity index (χ4n) is 5.08. The molecule has 1 heterocycles. The zero-order valence-electron chi connectivity index (χ0n) is 18.4. The molecule has 166 valence electrons. The second-order valence-electron chi connectivity index (χ2n) is 8.65. The number of carbonyl (C=O) groups excluding carboxylic acids is 1. The number of fused-ring (bicyclic) bond motifs is 1. The van der Waals surface area contributed by atoms with Gasteiger partial charge in [0, 0.05) is 23.5 Å². The number of benzene rings is 2. The zero-order valence-corrected chi connectivity index (χ0v) is 18.4. The molecule has 0 saturated heterocycles. The third-order valence-electron chi connectivity index (χ3n) is 6.76. The lowest BCUT2D eigenvalue weighted by molar-refractivity contribution is -0.945. The lowest BCUT2D eigenvalue weighted by Gasteiger charge is -2.35. The minimum Gasteiger partial charge on any atom is -0.493 e. The molecule has 1 aliphatic carbocycles. The van der Waals surface area contributed by atoms with E-state index >= 15 is 0 Å². The molecule has 0 radical (unpaired) electrons. The van der Waals surface area contributed by atoms with Crippen LogP contribution in [0.1, 0.15) is 48.4 Å². The van der Waals surface area contributed by atoms with Crippen molar-refractivity contribution in [2.45, 2.75) is 44.7 Å². The van der Waals surface area contributed by atoms with Crippen LogP contribution in [0, 0.1) is 11.7 Å². The van der Waals surface area contributed by atoms with Crippen molar-refractivity contribution in [3.63, 3.8) is 0 Å². The van der Waals surface area contributed by atoms with E-state index < -0.39 is 0 Å². The van der Waals surface area contributed by atoms with Crippen molar-refractivity contribution in [1.29, 1.82) is 0 Å². The molecule has 0 spiro atoms. The van der Waals surface area contributed by atoms with E-state index in [1.54, 1.807) is 26.4 Å². The summed E-state index contributed by atoms with van der Waals surface area (Å²) in [4.78, 5) is 14.0. The van der Waals surface area contributed by atoms with Crippen LogP contribution in [0.15, 0.2) is 36.4 Å². The summed E-state index contributed by atoms with van der Waals surface area (Å²) in [5, 5.41) is 3.22. The summed E-state index contributed by atoms with van der Waals surface area (Å²) in [5.41, 5.74) is 3.36. The first kappa shape index (κ1) is 21.6. The number of rotatable bonds is 7. The number of amides is 1. The fourth-order valence-corrected chi connectivity index (χ4v) is 5.08. The Kier molecular flexibility index (Phi) is 6.76. The predicted octanol–water partition coefficient (Wildman–Crippen LogP) is 2.83. The standard InChI is InChI=1S/C25H31FN2O3/c1-30-23-13-19-10-11-28(16-17-6-5-9-20(26)12-17)22(21(19)14-24(23)31-2)15-27-25(29)18-7-3-4-8-18/h5-6,9,12-14,18,22H,3-4,7-8,10-11,15-16H2,1-2H3,(H,27,29)/p+1/t22-/m0/s1. The molecule has 1 fully saturated rings. The molecule has 1 aliphatic heterocycles. The maximum absolute atomic E-state index is 13.8. The van der Waals surface area contributed by atoms with Gasteiger partial charge in [0.05, 0.1) is 27.3 Å². The average Bonchev–Trinajstić information content (AvgIpc) is 3.32. The minimum absolute atomic E-state index is 0.0668. The third-order valence-corrected chi connectivity index (χ3v) is 6.76. The summed E-state index contributed by atoms with van der Waals surface area (Å²) in [6.07, 6.45) is 5.14. The SMILES string of the molecule is COc1cc2c(cc1OC)[C@H](CNC(=O)C1CCCC1)[NH+](Cc1cccc(F)c1)CC2. The van der Waals surface area contributed by atoms with E-state index in [2.05, 4.69) is 11.4 Å². The van der Waals surface area contributed by atoms with Crippen LogP contribution in [0.2, 0.25) is 0 Å². The number of ether oxygens (including phenoxy) is 2. The van der Waals surface area contributed by atoms with Crippen molar-refractivity contribution in [2.24, 2.45) is 5.92 Å². The van der Waals surface area contributed by atoms with Crippen LogP contribution in [0.25, 0.3) is 0 Å². The van der Waals surface area contributed by atoms with Gasteiger partial charge in [-0.05, 0) is 42.7 Å². The first-order chi connectivity index (χ1) is 15.1. The van der Waals surface area contributed by atoms with Gasteiger partial charge in [-0.25, -0.2) is 4.39 Å². The highest BCUT2D eigenvalue weighted by Gasteiger charge is 2.34. The number of halogens is 1. The molecule has 5 nitrogen and oxygen atoms in total. The lowest BCUT2D eigenvalue weighted by Crippen LogP contribution is -3.12. The Morgan fingerprint density at radius 2 is 1.87 bits per heavy atom. The Morgan fingerprint density at radius 3 is 2.58 bits per heavy atom. The molecule has 0 aromatic heterocycles. The van der Waals surface area contributed by atoms with Gasteiger partial charge in [0.15, 0.2) is 11.5 Å². The van der Waals surface area contributed by atoms with Crippen LogP contribution in [-0.2, 0) is 17.8 Å². The molecule has 1 amide bonds. The lowest BCUT2D eigenvalue weighted by atomic mass is 9.91. The highest BCUT2D eigenvalue weighted by molar-refractivity contribution is 5.78. The summed E-state index contributed by atoms with van der Waals surface area (Å²) in [5.74, 6) is 1.51. The quantitative estimate of drug-likeness (QED) is 0.715. The van der Waals surface area contributed by atoms with Crippen molar-refractivity contribution < 1.29 is 23.6 Å². The molecule has 1 unspecified atom stereocenters. The van der Waals surface area contributed by atoms with Crippen LogP contribution in [0.5, 0.6) is 11.5 Å². The van der Waals surface area contributed by atoms with Crippen LogP contribution in [0.4, 0.5) is 4.39 Å². The van der Waals surface area contributed by atoms with Crippen molar-refractivity contribution in [3.05, 3.63) is 58.9 Å². The van der Waals surface area contributed by atoms with Gasteiger partial charge in [-0.3, -0.25) is 4.79 Å². The van der Waals surface area contributed by atoms with Crippen LogP contribution in [-0.4, -0.2) is 33.2 Å². The van der Waals surface area contributed by atoms with Crippen molar-refractivity contribution >= 4 is 5.91 Å². The van der Waals surface area contributed by atoms with Gasteiger partial charge < -0.3 is 19.7 Å². The van der Waals surface area contributed by atoms with Gasteiger partial charge in [0.25, 0.3) is 0 Å². The highest BCUT2D eigenvalue weighted by atomic mass is 19.1. The van der Waals surface area contributed by atoms with E-state index in [1.165, 1.54) is 22.1 Å². The Labute approximate surface area is 183 Å². The smallest absolute Gasteiger partial charge is 0.223 e. The average molecular weight is 428 g/mol. The second kappa shape index (κ2) is 9.69. The molecule has 2 N–H and O–H groups in total. The second-order valence-corrected chi connectivity index (χ2v) is 8.65. The van der Waals surface area contributed by atoms with E-state index in [4.69, 9.17) is 9.47 Å². The van der Waals surface area contributed by atoms with E-state index in [-0.39, 0.29) is 23.7 Å². The molecular weight excluding hydrogens is 395 g/mol. The number of carbonyl (C=O) groups is 1. The Balaban J connectivity index is 1.60. The van der Waals surface area contributed by atoms with Crippen molar-refractivity contribution in [3.8, 4) is 11.5 Å². The summed E-state index contributed by atoms with van der Waals surface area (Å²) in [6.45, 7) is 2.17. The number of methoxy groups -OCH3 is 2. The van der Waals surface area contributed by atoms with Gasteiger partial charge in [0.1, 0.15) is 18.4 Å². The van der Waals surface area contributed by atoms with E-state index in [0.29, 0.717) is 18.8 Å².